The lowest BCUT2D eigenvalue weighted by atomic mass is 9.99. The van der Waals surface area contributed by atoms with Crippen LogP contribution in [0.2, 0.25) is 0 Å². The second-order valence-corrected chi connectivity index (χ2v) is 6.87. The second-order valence-electron chi connectivity index (χ2n) is 6.87. The third kappa shape index (κ3) is 3.47. The van der Waals surface area contributed by atoms with E-state index in [1.165, 1.54) is 6.07 Å². The molecule has 0 unspecified atom stereocenters. The van der Waals surface area contributed by atoms with Crippen molar-refractivity contribution in [2.75, 3.05) is 6.54 Å². The van der Waals surface area contributed by atoms with Crippen molar-refractivity contribution in [2.45, 2.75) is 39.7 Å². The Morgan fingerprint density at radius 3 is 2.85 bits per heavy atom. The zero-order valence-corrected chi connectivity index (χ0v) is 15.6. The Hall–Kier alpha value is -2.69. The van der Waals surface area contributed by atoms with Crippen LogP contribution >= 0.6 is 0 Å². The Bertz CT molecular complexity index is 878. The van der Waals surface area contributed by atoms with Gasteiger partial charge in [0, 0.05) is 35.4 Å². The van der Waals surface area contributed by atoms with Gasteiger partial charge >= 0.3 is 0 Å². The lowest BCUT2D eigenvalue weighted by Gasteiger charge is -2.28. The monoisotopic (exact) mass is 352 g/mol. The second kappa shape index (κ2) is 7.28. The van der Waals surface area contributed by atoms with Crippen LogP contribution in [0.15, 0.2) is 42.7 Å². The standard InChI is InChI=1S/C21H25FN4/c1-14-7-8-18(22)12-19(14)21-6-5-10-25(21)15(2)9-11-26-17(4)20(13-24-26)16(3)23/h7-9,11-13,21,23H,2,5-6,10H2,1,3-4H3/b11-9-,23-16?/t21-/m1/s1. The van der Waals surface area contributed by atoms with Gasteiger partial charge in [-0.2, -0.15) is 5.10 Å². The number of nitrogens with one attached hydrogen (secondary N) is 1. The fraction of sp³-hybridized carbons (Fsp3) is 0.333. The summed E-state index contributed by atoms with van der Waals surface area (Å²) < 4.78 is 15.5. The normalized spacial score (nSPS) is 17.2. The maximum absolute atomic E-state index is 13.7. The topological polar surface area (TPSA) is 44.9 Å². The van der Waals surface area contributed by atoms with Crippen LogP contribution in [0.5, 0.6) is 0 Å². The highest BCUT2D eigenvalue weighted by molar-refractivity contribution is 5.97. The zero-order valence-electron chi connectivity index (χ0n) is 15.6. The first kappa shape index (κ1) is 18.1. The molecule has 136 valence electrons. The highest BCUT2D eigenvalue weighted by Crippen LogP contribution is 2.36. The van der Waals surface area contributed by atoms with Crippen molar-refractivity contribution in [3.05, 3.63) is 70.9 Å². The lowest BCUT2D eigenvalue weighted by molar-refractivity contribution is 0.336. The van der Waals surface area contributed by atoms with Gasteiger partial charge in [0.2, 0.25) is 0 Å². The van der Waals surface area contributed by atoms with Crippen LogP contribution in [0.3, 0.4) is 0 Å². The number of allylic oxidation sites excluding steroid dienone is 1. The van der Waals surface area contributed by atoms with Crippen molar-refractivity contribution >= 4 is 11.9 Å². The number of hydrogen-bond donors (Lipinski definition) is 1. The third-order valence-electron chi connectivity index (χ3n) is 5.08. The van der Waals surface area contributed by atoms with Crippen LogP contribution in [-0.4, -0.2) is 26.9 Å². The molecule has 0 amide bonds. The van der Waals surface area contributed by atoms with Gasteiger partial charge in [0.05, 0.1) is 12.2 Å². The van der Waals surface area contributed by atoms with E-state index in [2.05, 4.69) is 16.6 Å². The van der Waals surface area contributed by atoms with Crippen LogP contribution in [0.1, 0.15) is 48.2 Å². The smallest absolute Gasteiger partial charge is 0.123 e. The van der Waals surface area contributed by atoms with E-state index >= 15 is 0 Å². The van der Waals surface area contributed by atoms with Crippen LogP contribution in [0, 0.1) is 25.1 Å². The van der Waals surface area contributed by atoms with Gasteiger partial charge in [-0.3, -0.25) is 0 Å². The van der Waals surface area contributed by atoms with E-state index in [1.54, 1.807) is 23.9 Å². The molecule has 1 aliphatic rings. The van der Waals surface area contributed by atoms with E-state index in [0.717, 1.165) is 47.5 Å². The Kier molecular flexibility index (Phi) is 5.07. The third-order valence-corrected chi connectivity index (χ3v) is 5.08. The van der Waals surface area contributed by atoms with Crippen molar-refractivity contribution in [1.82, 2.24) is 14.7 Å². The molecule has 0 aliphatic carbocycles. The minimum atomic E-state index is -0.194. The summed E-state index contributed by atoms with van der Waals surface area (Å²) in [5, 5.41) is 12.1. The molecule has 1 saturated heterocycles. The number of aromatic nitrogens is 2. The summed E-state index contributed by atoms with van der Waals surface area (Å²) in [6, 6.07) is 5.15. The molecule has 1 N–H and O–H groups in total. The van der Waals surface area contributed by atoms with Crippen LogP contribution in [0.25, 0.3) is 6.20 Å². The van der Waals surface area contributed by atoms with E-state index in [1.807, 2.05) is 32.2 Å². The number of hydrogen-bond acceptors (Lipinski definition) is 3. The predicted octanol–water partition coefficient (Wildman–Crippen LogP) is 4.85. The molecule has 0 bridgehead atoms. The maximum atomic E-state index is 13.7. The summed E-state index contributed by atoms with van der Waals surface area (Å²) >= 11 is 0. The maximum Gasteiger partial charge on any atom is 0.123 e. The molecule has 1 fully saturated rings. The molecule has 4 nitrogen and oxygen atoms in total. The van der Waals surface area contributed by atoms with Gasteiger partial charge in [-0.1, -0.05) is 12.6 Å². The molecule has 1 aromatic heterocycles. The molecular weight excluding hydrogens is 327 g/mol. The number of likely N-dealkylation sites (tertiary alicyclic amines) is 1. The lowest BCUT2D eigenvalue weighted by Crippen LogP contribution is -2.22. The van der Waals surface area contributed by atoms with Gasteiger partial charge in [0.15, 0.2) is 0 Å². The first-order valence-corrected chi connectivity index (χ1v) is 8.88. The van der Waals surface area contributed by atoms with E-state index in [0.29, 0.717) is 5.71 Å². The van der Waals surface area contributed by atoms with E-state index in [9.17, 15) is 4.39 Å². The molecule has 3 rings (SSSR count). The fourth-order valence-electron chi connectivity index (χ4n) is 3.60. The summed E-state index contributed by atoms with van der Waals surface area (Å²) in [5.74, 6) is -0.194. The molecular formula is C21H25FN4. The molecule has 0 radical (unpaired) electrons. The van der Waals surface area contributed by atoms with Crippen LogP contribution < -0.4 is 0 Å². The molecule has 2 aromatic rings. The van der Waals surface area contributed by atoms with Gasteiger partial charge in [-0.05, 0) is 62.9 Å². The van der Waals surface area contributed by atoms with E-state index < -0.39 is 0 Å². The Morgan fingerprint density at radius 1 is 1.38 bits per heavy atom. The molecule has 0 saturated carbocycles. The largest absolute Gasteiger partial charge is 0.365 e. The number of rotatable bonds is 5. The van der Waals surface area contributed by atoms with Crippen molar-refractivity contribution in [1.29, 1.82) is 5.41 Å². The van der Waals surface area contributed by atoms with Crippen molar-refractivity contribution in [3.8, 4) is 0 Å². The van der Waals surface area contributed by atoms with Gasteiger partial charge in [-0.15, -0.1) is 0 Å². The minimum Gasteiger partial charge on any atom is -0.365 e. The average Bonchev–Trinajstić information content (AvgIpc) is 3.22. The summed E-state index contributed by atoms with van der Waals surface area (Å²) in [4.78, 5) is 2.24. The first-order valence-electron chi connectivity index (χ1n) is 8.88. The van der Waals surface area contributed by atoms with Gasteiger partial charge in [-0.25, -0.2) is 9.07 Å². The minimum absolute atomic E-state index is 0.154. The molecule has 2 heterocycles. The molecule has 1 aromatic carbocycles. The fourth-order valence-corrected chi connectivity index (χ4v) is 3.60. The van der Waals surface area contributed by atoms with E-state index in [-0.39, 0.29) is 11.9 Å². The number of aryl methyl sites for hydroxylation is 1. The van der Waals surface area contributed by atoms with Crippen LogP contribution in [-0.2, 0) is 0 Å². The predicted molar refractivity (Wildman–Crippen MR) is 104 cm³/mol. The SMILES string of the molecule is C=C(/C=C\n1ncc(C(C)=N)c1C)N1CCC[C@@H]1c1cc(F)ccc1C. The summed E-state index contributed by atoms with van der Waals surface area (Å²) in [6.45, 7) is 10.9. The quantitative estimate of drug-likeness (QED) is 0.618. The van der Waals surface area contributed by atoms with Gasteiger partial charge in [0.1, 0.15) is 5.82 Å². The average molecular weight is 352 g/mol. The number of benzene rings is 1. The van der Waals surface area contributed by atoms with Crippen molar-refractivity contribution in [3.63, 3.8) is 0 Å². The van der Waals surface area contributed by atoms with Gasteiger partial charge < -0.3 is 10.3 Å². The highest BCUT2D eigenvalue weighted by atomic mass is 19.1. The van der Waals surface area contributed by atoms with Gasteiger partial charge in [0.25, 0.3) is 0 Å². The van der Waals surface area contributed by atoms with Crippen molar-refractivity contribution < 1.29 is 4.39 Å². The summed E-state index contributed by atoms with van der Waals surface area (Å²) in [6.07, 6.45) is 7.58. The molecule has 0 spiro atoms. The van der Waals surface area contributed by atoms with Crippen LogP contribution in [0.4, 0.5) is 4.39 Å². The Balaban J connectivity index is 1.81. The number of nitrogens with zero attached hydrogens (tertiary/aromatic N) is 3. The van der Waals surface area contributed by atoms with E-state index in [4.69, 9.17) is 5.41 Å². The first-order chi connectivity index (χ1) is 12.4. The summed E-state index contributed by atoms with van der Waals surface area (Å²) in [5.41, 5.74) is 5.31. The van der Waals surface area contributed by atoms with Crippen molar-refractivity contribution in [2.24, 2.45) is 0 Å². The Morgan fingerprint density at radius 2 is 2.15 bits per heavy atom. The molecule has 26 heavy (non-hydrogen) atoms. The zero-order chi connectivity index (χ0) is 18.8. The number of halogens is 1. The molecule has 1 aliphatic heterocycles. The molecule has 5 heteroatoms. The Labute approximate surface area is 154 Å². The summed E-state index contributed by atoms with van der Waals surface area (Å²) in [7, 11) is 0. The highest BCUT2D eigenvalue weighted by Gasteiger charge is 2.27. The molecule has 1 atom stereocenters.